The van der Waals surface area contributed by atoms with Gasteiger partial charge < -0.3 is 5.32 Å². The Labute approximate surface area is 197 Å². The van der Waals surface area contributed by atoms with Gasteiger partial charge in [0.25, 0.3) is 11.8 Å². The lowest BCUT2D eigenvalue weighted by atomic mass is 9.93. The van der Waals surface area contributed by atoms with Crippen LogP contribution in [0.5, 0.6) is 0 Å². The number of para-hydroxylation sites is 1. The first-order valence-electron chi connectivity index (χ1n) is 11.3. The Balaban J connectivity index is 1.34. The van der Waals surface area contributed by atoms with E-state index in [4.69, 9.17) is 0 Å². The number of halogens is 2. The number of hydrogen-bond acceptors (Lipinski definition) is 3. The SMILES string of the molecule is CC(F)(F)c1cccc(NC(=O)c2cccc3c2CCN(Cc2ccnc4ccccc24)C3)c1. The van der Waals surface area contributed by atoms with Crippen molar-refractivity contribution < 1.29 is 13.6 Å². The molecule has 2 heterocycles. The van der Waals surface area contributed by atoms with Crippen LogP contribution in [-0.4, -0.2) is 22.3 Å². The molecule has 6 heteroatoms. The number of amides is 1. The minimum atomic E-state index is -2.96. The van der Waals surface area contributed by atoms with Crippen molar-refractivity contribution in [2.45, 2.75) is 32.4 Å². The Bertz CT molecular complexity index is 1360. The molecular weight excluding hydrogens is 432 g/mol. The summed E-state index contributed by atoms with van der Waals surface area (Å²) in [6, 6.07) is 21.8. The summed E-state index contributed by atoms with van der Waals surface area (Å²) in [6.07, 6.45) is 2.59. The van der Waals surface area contributed by atoms with E-state index in [1.165, 1.54) is 23.8 Å². The van der Waals surface area contributed by atoms with Crippen LogP contribution in [0.3, 0.4) is 0 Å². The highest BCUT2D eigenvalue weighted by Crippen LogP contribution is 2.30. The Morgan fingerprint density at radius 3 is 2.74 bits per heavy atom. The first-order chi connectivity index (χ1) is 16.4. The van der Waals surface area contributed by atoms with Gasteiger partial charge in [0.05, 0.1) is 5.52 Å². The van der Waals surface area contributed by atoms with Gasteiger partial charge >= 0.3 is 0 Å². The highest BCUT2D eigenvalue weighted by molar-refractivity contribution is 6.05. The number of pyridine rings is 1. The third-order valence-electron chi connectivity index (χ3n) is 6.35. The first-order valence-corrected chi connectivity index (χ1v) is 11.3. The number of nitrogens with one attached hydrogen (secondary N) is 1. The van der Waals surface area contributed by atoms with Crippen LogP contribution in [0.25, 0.3) is 10.9 Å². The second-order valence-electron chi connectivity index (χ2n) is 8.81. The molecule has 0 spiro atoms. The van der Waals surface area contributed by atoms with E-state index >= 15 is 0 Å². The number of benzene rings is 3. The number of rotatable bonds is 5. The quantitative estimate of drug-likeness (QED) is 0.391. The Kier molecular flexibility index (Phi) is 5.84. The fourth-order valence-corrected chi connectivity index (χ4v) is 4.62. The van der Waals surface area contributed by atoms with Crippen LogP contribution >= 0.6 is 0 Å². The van der Waals surface area contributed by atoms with E-state index in [1.807, 2.05) is 30.5 Å². The van der Waals surface area contributed by atoms with Crippen molar-refractivity contribution in [1.82, 2.24) is 9.88 Å². The molecule has 1 amide bonds. The molecule has 34 heavy (non-hydrogen) atoms. The summed E-state index contributed by atoms with van der Waals surface area (Å²) in [5.41, 5.74) is 5.19. The maximum absolute atomic E-state index is 13.7. The van der Waals surface area contributed by atoms with Crippen molar-refractivity contribution in [3.05, 3.63) is 107 Å². The average molecular weight is 458 g/mol. The van der Waals surface area contributed by atoms with Crippen LogP contribution in [0.15, 0.2) is 79.0 Å². The molecule has 5 rings (SSSR count). The topological polar surface area (TPSA) is 45.2 Å². The van der Waals surface area contributed by atoms with E-state index in [0.717, 1.165) is 55.0 Å². The number of hydrogen-bond donors (Lipinski definition) is 1. The van der Waals surface area contributed by atoms with Gasteiger partial charge in [0.15, 0.2) is 0 Å². The second-order valence-corrected chi connectivity index (χ2v) is 8.81. The highest BCUT2D eigenvalue weighted by atomic mass is 19.3. The minimum Gasteiger partial charge on any atom is -0.322 e. The van der Waals surface area contributed by atoms with Gasteiger partial charge in [0.2, 0.25) is 0 Å². The minimum absolute atomic E-state index is 0.125. The number of fused-ring (bicyclic) bond motifs is 2. The van der Waals surface area contributed by atoms with Crippen LogP contribution in [0.2, 0.25) is 0 Å². The summed E-state index contributed by atoms with van der Waals surface area (Å²) in [7, 11) is 0. The van der Waals surface area contributed by atoms with E-state index in [0.29, 0.717) is 11.3 Å². The van der Waals surface area contributed by atoms with Gasteiger partial charge in [-0.1, -0.05) is 42.5 Å². The van der Waals surface area contributed by atoms with Crippen LogP contribution in [0.1, 0.15) is 39.5 Å². The molecule has 0 saturated heterocycles. The summed E-state index contributed by atoms with van der Waals surface area (Å²) in [4.78, 5) is 19.9. The van der Waals surface area contributed by atoms with Crippen molar-refractivity contribution in [2.75, 3.05) is 11.9 Å². The van der Waals surface area contributed by atoms with Crippen molar-refractivity contribution in [3.8, 4) is 0 Å². The third-order valence-corrected chi connectivity index (χ3v) is 6.35. The molecule has 4 nitrogen and oxygen atoms in total. The number of anilines is 1. The molecule has 0 radical (unpaired) electrons. The Morgan fingerprint density at radius 2 is 1.88 bits per heavy atom. The second kappa shape index (κ2) is 8.95. The monoisotopic (exact) mass is 457 g/mol. The number of alkyl halides is 2. The first kappa shape index (κ1) is 22.2. The number of nitrogens with zero attached hydrogens (tertiary/aromatic N) is 2. The van der Waals surface area contributed by atoms with E-state index in [2.05, 4.69) is 33.4 Å². The third kappa shape index (κ3) is 4.54. The van der Waals surface area contributed by atoms with Crippen molar-refractivity contribution in [1.29, 1.82) is 0 Å². The van der Waals surface area contributed by atoms with Gasteiger partial charge in [-0.2, -0.15) is 0 Å². The zero-order chi connectivity index (χ0) is 23.7. The normalized spacial score (nSPS) is 14.1. The van der Waals surface area contributed by atoms with E-state index in [1.54, 1.807) is 12.1 Å². The zero-order valence-corrected chi connectivity index (χ0v) is 18.9. The van der Waals surface area contributed by atoms with Gasteiger partial charge in [-0.15, -0.1) is 0 Å². The summed E-state index contributed by atoms with van der Waals surface area (Å²) in [5, 5.41) is 3.96. The summed E-state index contributed by atoms with van der Waals surface area (Å²) >= 11 is 0. The molecule has 0 fully saturated rings. The van der Waals surface area contributed by atoms with E-state index in [9.17, 15) is 13.6 Å². The lowest BCUT2D eigenvalue weighted by Crippen LogP contribution is -2.31. The number of aromatic nitrogens is 1. The molecule has 4 aromatic rings. The molecule has 172 valence electrons. The van der Waals surface area contributed by atoms with Gasteiger partial charge in [-0.05, 0) is 53.4 Å². The molecule has 0 aliphatic carbocycles. The summed E-state index contributed by atoms with van der Waals surface area (Å²) in [6.45, 7) is 3.22. The van der Waals surface area contributed by atoms with Gasteiger partial charge in [0, 0.05) is 55.0 Å². The van der Waals surface area contributed by atoms with Crippen molar-refractivity contribution in [2.24, 2.45) is 0 Å². The fraction of sp³-hybridized carbons (Fsp3) is 0.214. The van der Waals surface area contributed by atoms with Crippen LogP contribution in [-0.2, 0) is 25.4 Å². The van der Waals surface area contributed by atoms with Gasteiger partial charge in [0.1, 0.15) is 0 Å². The Morgan fingerprint density at radius 1 is 1.06 bits per heavy atom. The smallest absolute Gasteiger partial charge is 0.270 e. The maximum atomic E-state index is 13.7. The molecule has 0 unspecified atom stereocenters. The lowest BCUT2D eigenvalue weighted by molar-refractivity contribution is 0.0175. The zero-order valence-electron chi connectivity index (χ0n) is 18.9. The Hall–Kier alpha value is -3.64. The standard InChI is InChI=1S/C28H25F2N3O/c1-28(29,30)21-7-5-8-22(16-21)32-27(34)25-10-4-6-19-17-33(15-13-23(19)25)18-20-12-14-31-26-11-3-2-9-24(20)26/h2-12,14,16H,13,15,17-18H2,1H3,(H,32,34). The van der Waals surface area contributed by atoms with Crippen molar-refractivity contribution in [3.63, 3.8) is 0 Å². The summed E-state index contributed by atoms with van der Waals surface area (Å²) in [5.74, 6) is -3.24. The van der Waals surface area contributed by atoms with Crippen molar-refractivity contribution >= 4 is 22.5 Å². The molecule has 0 saturated carbocycles. The predicted octanol–water partition coefficient (Wildman–Crippen LogP) is 6.16. The highest BCUT2D eigenvalue weighted by Gasteiger charge is 2.25. The number of carbonyl (C=O) groups excluding carboxylic acids is 1. The van der Waals surface area contributed by atoms with E-state index < -0.39 is 5.92 Å². The fourth-order valence-electron chi connectivity index (χ4n) is 4.62. The van der Waals surface area contributed by atoms with E-state index in [-0.39, 0.29) is 11.5 Å². The maximum Gasteiger partial charge on any atom is 0.270 e. The van der Waals surface area contributed by atoms with Crippen LogP contribution in [0.4, 0.5) is 14.5 Å². The molecule has 0 atom stereocenters. The molecule has 1 N–H and O–H groups in total. The molecule has 1 aliphatic rings. The van der Waals surface area contributed by atoms with Gasteiger partial charge in [-0.3, -0.25) is 14.7 Å². The number of carbonyl (C=O) groups is 1. The van der Waals surface area contributed by atoms with Crippen LogP contribution < -0.4 is 5.32 Å². The molecule has 1 aromatic heterocycles. The lowest BCUT2D eigenvalue weighted by Gasteiger charge is -2.30. The summed E-state index contributed by atoms with van der Waals surface area (Å²) < 4.78 is 27.4. The molecular formula is C28H25F2N3O. The predicted molar refractivity (Wildman–Crippen MR) is 130 cm³/mol. The van der Waals surface area contributed by atoms with Gasteiger partial charge in [-0.25, -0.2) is 8.78 Å². The molecule has 0 bridgehead atoms. The molecule has 1 aliphatic heterocycles. The molecule has 3 aromatic carbocycles. The average Bonchev–Trinajstić information content (AvgIpc) is 2.83. The largest absolute Gasteiger partial charge is 0.322 e. The van der Waals surface area contributed by atoms with Crippen LogP contribution in [0, 0.1) is 0 Å².